The van der Waals surface area contributed by atoms with Crippen molar-refractivity contribution in [3.8, 4) is 11.5 Å². The highest BCUT2D eigenvalue weighted by Gasteiger charge is 2.31. The first-order valence-corrected chi connectivity index (χ1v) is 9.58. The van der Waals surface area contributed by atoms with Gasteiger partial charge in [0.1, 0.15) is 17.9 Å². The highest BCUT2D eigenvalue weighted by atomic mass is 19.1. The molecule has 150 valence electrons. The minimum absolute atomic E-state index is 0.0644. The van der Waals surface area contributed by atoms with Gasteiger partial charge in [0.25, 0.3) is 0 Å². The van der Waals surface area contributed by atoms with Crippen LogP contribution in [0.1, 0.15) is 38.3 Å². The first-order valence-electron chi connectivity index (χ1n) is 9.58. The smallest absolute Gasteiger partial charge is 0.325 e. The molecule has 2 aromatic rings. The van der Waals surface area contributed by atoms with Crippen LogP contribution < -0.4 is 9.47 Å². The number of piperidine rings is 1. The normalized spacial score (nSPS) is 16.7. The summed E-state index contributed by atoms with van der Waals surface area (Å²) in [5.41, 5.74) is 0.720. The Balaban J connectivity index is 1.63. The minimum Gasteiger partial charge on any atom is -0.491 e. The highest BCUT2D eigenvalue weighted by Crippen LogP contribution is 2.29. The fourth-order valence-electron chi connectivity index (χ4n) is 3.48. The summed E-state index contributed by atoms with van der Waals surface area (Å²) < 4.78 is 25.2. The molecule has 2 aromatic carbocycles. The molecule has 0 aromatic heterocycles. The van der Waals surface area contributed by atoms with Crippen LogP contribution in [-0.4, -0.2) is 41.3 Å². The second-order valence-electron chi connectivity index (χ2n) is 7.26. The molecular formula is C22H26FNO4. The van der Waals surface area contributed by atoms with Gasteiger partial charge >= 0.3 is 5.97 Å². The van der Waals surface area contributed by atoms with Gasteiger partial charge in [-0.05, 0) is 56.5 Å². The third kappa shape index (κ3) is 5.01. The summed E-state index contributed by atoms with van der Waals surface area (Å²) in [5, 5.41) is 9.78. The van der Waals surface area contributed by atoms with Crippen molar-refractivity contribution in [3.63, 3.8) is 0 Å². The van der Waals surface area contributed by atoms with Crippen LogP contribution in [0, 0.1) is 5.82 Å². The van der Waals surface area contributed by atoms with Gasteiger partial charge in [0.15, 0.2) is 11.6 Å². The van der Waals surface area contributed by atoms with Crippen LogP contribution in [0.2, 0.25) is 0 Å². The summed E-state index contributed by atoms with van der Waals surface area (Å²) in [6, 6.07) is 12.8. The van der Waals surface area contributed by atoms with Crippen LogP contribution in [0.25, 0.3) is 0 Å². The number of para-hydroxylation sites is 1. The molecule has 6 heteroatoms. The lowest BCUT2D eigenvalue weighted by molar-refractivity contribution is -0.144. The number of carboxylic acid groups (broad SMARTS) is 1. The van der Waals surface area contributed by atoms with E-state index in [0.29, 0.717) is 25.9 Å². The molecule has 3 rings (SSSR count). The highest BCUT2D eigenvalue weighted by molar-refractivity contribution is 5.75. The lowest BCUT2D eigenvalue weighted by Gasteiger charge is -2.35. The Morgan fingerprint density at radius 1 is 1.11 bits per heavy atom. The predicted molar refractivity (Wildman–Crippen MR) is 104 cm³/mol. The number of hydrogen-bond donors (Lipinski definition) is 1. The van der Waals surface area contributed by atoms with Crippen LogP contribution in [0.3, 0.4) is 0 Å². The number of nitrogens with zero attached hydrogens (tertiary/aromatic N) is 1. The maximum atomic E-state index is 13.8. The fourth-order valence-corrected chi connectivity index (χ4v) is 3.48. The monoisotopic (exact) mass is 387 g/mol. The van der Waals surface area contributed by atoms with Crippen molar-refractivity contribution in [3.05, 3.63) is 59.9 Å². The molecule has 0 unspecified atom stereocenters. The van der Waals surface area contributed by atoms with Gasteiger partial charge < -0.3 is 14.6 Å². The van der Waals surface area contributed by atoms with Crippen molar-refractivity contribution < 1.29 is 23.8 Å². The van der Waals surface area contributed by atoms with Crippen molar-refractivity contribution in [2.45, 2.75) is 44.9 Å². The molecule has 0 radical (unpaired) electrons. The Hall–Kier alpha value is -2.60. The SMILES string of the molecule is CC(C)Oc1ccc([C@H](C(=O)O)N2CCC(Oc3ccccc3F)CC2)cc1. The molecule has 1 saturated heterocycles. The molecule has 0 saturated carbocycles. The van der Waals surface area contributed by atoms with E-state index >= 15 is 0 Å². The van der Waals surface area contributed by atoms with E-state index in [0.717, 1.165) is 11.3 Å². The van der Waals surface area contributed by atoms with Gasteiger partial charge in [0, 0.05) is 13.1 Å². The summed E-state index contributed by atoms with van der Waals surface area (Å²) in [7, 11) is 0. The molecular weight excluding hydrogens is 361 g/mol. The zero-order valence-corrected chi connectivity index (χ0v) is 16.2. The first-order chi connectivity index (χ1) is 13.4. The predicted octanol–water partition coefficient (Wildman–Crippen LogP) is 4.28. The van der Waals surface area contributed by atoms with Crippen LogP contribution in [0.15, 0.2) is 48.5 Å². The van der Waals surface area contributed by atoms with Gasteiger partial charge in [0.05, 0.1) is 6.10 Å². The lowest BCUT2D eigenvalue weighted by Crippen LogP contribution is -2.43. The van der Waals surface area contributed by atoms with E-state index < -0.39 is 12.0 Å². The third-order valence-electron chi connectivity index (χ3n) is 4.77. The van der Waals surface area contributed by atoms with Gasteiger partial charge in [-0.25, -0.2) is 4.39 Å². The van der Waals surface area contributed by atoms with Crippen LogP contribution in [0.4, 0.5) is 4.39 Å². The third-order valence-corrected chi connectivity index (χ3v) is 4.77. The number of carboxylic acids is 1. The molecule has 0 aliphatic carbocycles. The van der Waals surface area contributed by atoms with Gasteiger partial charge in [0.2, 0.25) is 0 Å². The Morgan fingerprint density at radius 2 is 1.75 bits per heavy atom. The van der Waals surface area contributed by atoms with Crippen LogP contribution in [0.5, 0.6) is 11.5 Å². The Bertz CT molecular complexity index is 785. The standard InChI is InChI=1S/C22H26FNO4/c1-15(2)27-17-9-7-16(8-10-17)21(22(25)26)24-13-11-18(12-14-24)28-20-6-4-3-5-19(20)23/h3-10,15,18,21H,11-14H2,1-2H3,(H,25,26)/t21-/m1/s1. The number of likely N-dealkylation sites (tertiary alicyclic amines) is 1. The van der Waals surface area contributed by atoms with Crippen molar-refractivity contribution in [1.82, 2.24) is 4.90 Å². The molecule has 5 nitrogen and oxygen atoms in total. The number of carbonyl (C=O) groups is 1. The Morgan fingerprint density at radius 3 is 2.32 bits per heavy atom. The summed E-state index contributed by atoms with van der Waals surface area (Å²) in [5.74, 6) is -0.292. The van der Waals surface area contributed by atoms with Crippen molar-refractivity contribution in [2.24, 2.45) is 0 Å². The zero-order chi connectivity index (χ0) is 20.1. The van der Waals surface area contributed by atoms with E-state index in [1.165, 1.54) is 6.07 Å². The second-order valence-corrected chi connectivity index (χ2v) is 7.26. The summed E-state index contributed by atoms with van der Waals surface area (Å²) >= 11 is 0. The van der Waals surface area contributed by atoms with Gasteiger partial charge in [-0.3, -0.25) is 9.69 Å². The molecule has 1 atom stereocenters. The number of ether oxygens (including phenoxy) is 2. The van der Waals surface area contributed by atoms with Crippen molar-refractivity contribution >= 4 is 5.97 Å². The summed E-state index contributed by atoms with van der Waals surface area (Å²) in [6.07, 6.45) is 1.23. The largest absolute Gasteiger partial charge is 0.491 e. The number of benzene rings is 2. The number of aliphatic carboxylic acids is 1. The number of halogens is 1. The maximum Gasteiger partial charge on any atom is 0.325 e. The van der Waals surface area contributed by atoms with E-state index in [4.69, 9.17) is 9.47 Å². The quantitative estimate of drug-likeness (QED) is 0.768. The summed E-state index contributed by atoms with van der Waals surface area (Å²) in [6.45, 7) is 5.03. The molecule has 1 aliphatic rings. The summed E-state index contributed by atoms with van der Waals surface area (Å²) in [4.78, 5) is 13.9. The second kappa shape index (κ2) is 9.06. The first kappa shape index (κ1) is 20.1. The average molecular weight is 387 g/mol. The maximum absolute atomic E-state index is 13.8. The average Bonchev–Trinajstić information content (AvgIpc) is 2.66. The van der Waals surface area contributed by atoms with Crippen LogP contribution >= 0.6 is 0 Å². The lowest BCUT2D eigenvalue weighted by atomic mass is 10.0. The molecule has 1 heterocycles. The molecule has 1 N–H and O–H groups in total. The van der Waals surface area contributed by atoms with E-state index in [2.05, 4.69) is 0 Å². The molecule has 0 spiro atoms. The molecule has 28 heavy (non-hydrogen) atoms. The molecule has 1 aliphatic heterocycles. The van der Waals surface area contributed by atoms with Crippen molar-refractivity contribution in [1.29, 1.82) is 0 Å². The zero-order valence-electron chi connectivity index (χ0n) is 16.2. The van der Waals surface area contributed by atoms with E-state index in [9.17, 15) is 14.3 Å². The Labute approximate surface area is 164 Å². The van der Waals surface area contributed by atoms with Crippen molar-refractivity contribution in [2.75, 3.05) is 13.1 Å². The Kier molecular flexibility index (Phi) is 6.52. The topological polar surface area (TPSA) is 59.0 Å². The molecule has 0 amide bonds. The molecule has 0 bridgehead atoms. The molecule has 1 fully saturated rings. The van der Waals surface area contributed by atoms with Crippen LogP contribution in [-0.2, 0) is 4.79 Å². The van der Waals surface area contributed by atoms with E-state index in [1.807, 2.05) is 18.7 Å². The van der Waals surface area contributed by atoms with Gasteiger partial charge in [-0.15, -0.1) is 0 Å². The van der Waals surface area contributed by atoms with Gasteiger partial charge in [-0.2, -0.15) is 0 Å². The minimum atomic E-state index is -0.883. The van der Waals surface area contributed by atoms with Gasteiger partial charge in [-0.1, -0.05) is 24.3 Å². The number of rotatable bonds is 7. The fraction of sp³-hybridized carbons (Fsp3) is 0.409. The van der Waals surface area contributed by atoms with E-state index in [1.54, 1.807) is 42.5 Å². The number of hydrogen-bond acceptors (Lipinski definition) is 4. The van der Waals surface area contributed by atoms with E-state index in [-0.39, 0.29) is 23.8 Å².